The van der Waals surface area contributed by atoms with Crippen LogP contribution in [0.3, 0.4) is 0 Å². The summed E-state index contributed by atoms with van der Waals surface area (Å²) in [6.07, 6.45) is 6.46. The topological polar surface area (TPSA) is 9.23 Å². The average molecular weight is 192 g/mol. The van der Waals surface area contributed by atoms with Gasteiger partial charge >= 0.3 is 0 Å². The molecule has 1 aromatic rings. The van der Waals surface area contributed by atoms with Crippen LogP contribution in [0.25, 0.3) is 0 Å². The molecule has 70 valence electrons. The van der Waals surface area contributed by atoms with Crippen LogP contribution in [0, 0.1) is 0 Å². The quantitative estimate of drug-likeness (QED) is 0.390. The maximum Gasteiger partial charge on any atom is 0.145 e. The molecular weight excluding hydrogens is 176 g/mol. The molecule has 1 aromatic carbocycles. The minimum atomic E-state index is 0.849. The molecule has 0 saturated heterocycles. The third kappa shape index (κ3) is 4.65. The monoisotopic (exact) mass is 192 g/mol. The molecule has 0 amide bonds. The molecule has 0 radical (unpaired) electrons. The highest BCUT2D eigenvalue weighted by atomic mass is 28.2. The van der Waals surface area contributed by atoms with E-state index in [-0.39, 0.29) is 0 Å². The number of rotatable bonds is 5. The van der Waals surface area contributed by atoms with Gasteiger partial charge in [-0.25, -0.2) is 0 Å². The van der Waals surface area contributed by atoms with Gasteiger partial charge in [0.25, 0.3) is 0 Å². The van der Waals surface area contributed by atoms with Crippen molar-refractivity contribution in [2.24, 2.45) is 0 Å². The van der Waals surface area contributed by atoms with Crippen LogP contribution >= 0.6 is 0 Å². The Morgan fingerprint density at radius 2 is 1.92 bits per heavy atom. The molecule has 0 fully saturated rings. The Hall–Kier alpha value is -0.863. The fourth-order valence-corrected chi connectivity index (χ4v) is 1.37. The van der Waals surface area contributed by atoms with Crippen molar-refractivity contribution in [3.8, 4) is 0 Å². The van der Waals surface area contributed by atoms with Crippen molar-refractivity contribution in [2.75, 3.05) is 6.61 Å². The molecule has 0 N–H and O–H groups in total. The second-order valence-corrected chi connectivity index (χ2v) is 3.52. The first kappa shape index (κ1) is 10.2. The lowest BCUT2D eigenvalue weighted by Gasteiger charge is -1.94. The van der Waals surface area contributed by atoms with Crippen LogP contribution in [0.2, 0.25) is 0 Å². The van der Waals surface area contributed by atoms with Gasteiger partial charge in [0.05, 0.1) is 0 Å². The average Bonchev–Trinajstić information content (AvgIpc) is 2.19. The van der Waals surface area contributed by atoms with E-state index in [0.29, 0.717) is 0 Å². The molecule has 1 nitrogen and oxygen atoms in total. The second-order valence-electron chi connectivity index (χ2n) is 2.94. The summed E-state index contributed by atoms with van der Waals surface area (Å²) < 4.78 is 5.08. The van der Waals surface area contributed by atoms with Crippen molar-refractivity contribution < 1.29 is 4.43 Å². The molecule has 0 unspecified atom stereocenters. The Bertz CT molecular complexity index is 244. The van der Waals surface area contributed by atoms with Gasteiger partial charge in [0.1, 0.15) is 10.5 Å². The molecule has 0 aliphatic heterocycles. The highest BCUT2D eigenvalue weighted by Gasteiger charge is 1.85. The van der Waals surface area contributed by atoms with Crippen LogP contribution in [0.4, 0.5) is 0 Å². The molecule has 0 saturated carbocycles. The predicted molar refractivity (Wildman–Crippen MR) is 59.8 cm³/mol. The van der Waals surface area contributed by atoms with E-state index in [1.165, 1.54) is 5.56 Å². The summed E-state index contributed by atoms with van der Waals surface area (Å²) in [5.41, 5.74) is 1.37. The lowest BCUT2D eigenvalue weighted by atomic mass is 10.1. The second kappa shape index (κ2) is 6.63. The van der Waals surface area contributed by atoms with Gasteiger partial charge in [-0.2, -0.15) is 0 Å². The summed E-state index contributed by atoms with van der Waals surface area (Å²) in [4.78, 5) is 0. The maximum absolute atomic E-state index is 5.08. The van der Waals surface area contributed by atoms with Gasteiger partial charge in [-0.05, 0) is 18.4 Å². The van der Waals surface area contributed by atoms with E-state index in [4.69, 9.17) is 4.43 Å². The maximum atomic E-state index is 5.08. The highest BCUT2D eigenvalue weighted by Crippen LogP contribution is 2.00. The first-order valence-corrected chi connectivity index (χ1v) is 5.43. The van der Waals surface area contributed by atoms with Gasteiger partial charge in [-0.15, -0.1) is 0 Å². The number of allylic oxidation sites excluding steroid dienone is 1. The molecule has 0 aromatic heterocycles. The van der Waals surface area contributed by atoms with Crippen LogP contribution in [0.5, 0.6) is 0 Å². The molecule has 1 rings (SSSR count). The zero-order chi connectivity index (χ0) is 9.36. The summed E-state index contributed by atoms with van der Waals surface area (Å²) in [6, 6.07) is 10.5. The van der Waals surface area contributed by atoms with Crippen molar-refractivity contribution in [3.05, 3.63) is 48.0 Å². The van der Waals surface area contributed by atoms with Crippen molar-refractivity contribution in [1.82, 2.24) is 0 Å². The Labute approximate surface area is 83.0 Å². The van der Waals surface area contributed by atoms with Crippen LogP contribution < -0.4 is 0 Å². The van der Waals surface area contributed by atoms with Gasteiger partial charge in [-0.1, -0.05) is 42.5 Å². The van der Waals surface area contributed by atoms with Gasteiger partial charge in [-0.3, -0.25) is 0 Å². The number of hydrogen-bond acceptors (Lipinski definition) is 1. The summed E-state index contributed by atoms with van der Waals surface area (Å²) in [5.74, 6) is 0. The normalized spacial score (nSPS) is 11.1. The van der Waals surface area contributed by atoms with Crippen LogP contribution in [-0.4, -0.2) is 17.1 Å². The standard InChI is InChI=1S/C11H16OSi/c13-12-10-6-2-5-9-11-7-3-1-4-8-11/h1-5,7-8H,6,9-10H2,13H3/b5-2+. The molecule has 0 aliphatic rings. The molecular formula is C11H16OSi. The summed E-state index contributed by atoms with van der Waals surface area (Å²) in [5, 5.41) is 0. The minimum Gasteiger partial charge on any atom is -0.428 e. The number of benzene rings is 1. The molecule has 0 spiro atoms. The number of hydrogen-bond donors (Lipinski definition) is 0. The van der Waals surface area contributed by atoms with E-state index in [9.17, 15) is 0 Å². The molecule has 0 bridgehead atoms. The zero-order valence-electron chi connectivity index (χ0n) is 8.07. The summed E-state index contributed by atoms with van der Waals surface area (Å²) in [6.45, 7) is 0.873. The Balaban J connectivity index is 2.23. The van der Waals surface area contributed by atoms with Gasteiger partial charge < -0.3 is 4.43 Å². The van der Waals surface area contributed by atoms with Gasteiger partial charge in [0.2, 0.25) is 0 Å². The SMILES string of the molecule is [SiH3]OCC/C=C/Cc1ccccc1. The molecule has 2 heteroatoms. The largest absolute Gasteiger partial charge is 0.428 e. The third-order valence-electron chi connectivity index (χ3n) is 1.85. The molecule has 13 heavy (non-hydrogen) atoms. The van der Waals surface area contributed by atoms with Crippen molar-refractivity contribution in [2.45, 2.75) is 12.8 Å². The first-order chi connectivity index (χ1) is 6.43. The smallest absolute Gasteiger partial charge is 0.145 e. The van der Waals surface area contributed by atoms with E-state index in [1.807, 2.05) is 6.07 Å². The van der Waals surface area contributed by atoms with E-state index in [2.05, 4.69) is 36.4 Å². The van der Waals surface area contributed by atoms with E-state index in [1.54, 1.807) is 0 Å². The fourth-order valence-electron chi connectivity index (χ4n) is 1.14. The Kier molecular flexibility index (Phi) is 5.21. The molecule has 0 aliphatic carbocycles. The zero-order valence-corrected chi connectivity index (χ0v) is 10.1. The van der Waals surface area contributed by atoms with Crippen molar-refractivity contribution in [3.63, 3.8) is 0 Å². The van der Waals surface area contributed by atoms with Gasteiger partial charge in [0, 0.05) is 6.61 Å². The molecule has 0 heterocycles. The predicted octanol–water partition coefficient (Wildman–Crippen LogP) is 1.47. The van der Waals surface area contributed by atoms with Crippen molar-refractivity contribution >= 4 is 10.5 Å². The van der Waals surface area contributed by atoms with Crippen LogP contribution in [0.15, 0.2) is 42.5 Å². The lowest BCUT2D eigenvalue weighted by Crippen LogP contribution is -1.86. The minimum absolute atomic E-state index is 0.849. The highest BCUT2D eigenvalue weighted by molar-refractivity contribution is 5.97. The summed E-state index contributed by atoms with van der Waals surface area (Å²) in [7, 11) is 0.849. The van der Waals surface area contributed by atoms with E-state index < -0.39 is 0 Å². The van der Waals surface area contributed by atoms with Crippen LogP contribution in [-0.2, 0) is 10.8 Å². The van der Waals surface area contributed by atoms with E-state index in [0.717, 1.165) is 29.9 Å². The summed E-state index contributed by atoms with van der Waals surface area (Å²) >= 11 is 0. The third-order valence-corrected chi connectivity index (χ3v) is 2.26. The fraction of sp³-hybridized carbons (Fsp3) is 0.273. The van der Waals surface area contributed by atoms with Gasteiger partial charge in [0.15, 0.2) is 0 Å². The Morgan fingerprint density at radius 1 is 1.15 bits per heavy atom. The van der Waals surface area contributed by atoms with E-state index >= 15 is 0 Å². The van der Waals surface area contributed by atoms with Crippen molar-refractivity contribution in [1.29, 1.82) is 0 Å². The lowest BCUT2D eigenvalue weighted by molar-refractivity contribution is 0.358. The molecule has 0 atom stereocenters. The first-order valence-electron chi connectivity index (χ1n) is 4.61. The van der Waals surface area contributed by atoms with Crippen LogP contribution in [0.1, 0.15) is 12.0 Å². The Morgan fingerprint density at radius 3 is 2.62 bits per heavy atom.